The van der Waals surface area contributed by atoms with Gasteiger partial charge >= 0.3 is 0 Å². The molecule has 1 N–H and O–H groups in total. The molecule has 2 unspecified atom stereocenters. The van der Waals surface area contributed by atoms with Gasteiger partial charge in [-0.2, -0.15) is 0 Å². The fourth-order valence-corrected chi connectivity index (χ4v) is 1.47. The van der Waals surface area contributed by atoms with E-state index in [1.165, 1.54) is 0 Å². The van der Waals surface area contributed by atoms with Crippen LogP contribution in [-0.4, -0.2) is 26.8 Å². The molecule has 0 aliphatic rings. The normalized spacial score (nSPS) is 15.2. The number of tetrazole rings is 1. The van der Waals surface area contributed by atoms with E-state index in [2.05, 4.69) is 48.5 Å². The lowest BCUT2D eigenvalue weighted by Crippen LogP contribution is -2.23. The largest absolute Gasteiger partial charge is 0.308 e. The van der Waals surface area contributed by atoms with E-state index < -0.39 is 0 Å². The standard InChI is InChI=1S/C10H21N5/c1-5-8(3)7-15-10(12-13-14-15)9(4)11-6-2/h8-9,11H,5-7H2,1-4H3. The van der Waals surface area contributed by atoms with Crippen LogP contribution in [0.5, 0.6) is 0 Å². The molecule has 0 fully saturated rings. The summed E-state index contributed by atoms with van der Waals surface area (Å²) in [4.78, 5) is 0. The van der Waals surface area contributed by atoms with E-state index >= 15 is 0 Å². The number of hydrogen-bond donors (Lipinski definition) is 1. The highest BCUT2D eigenvalue weighted by Gasteiger charge is 2.14. The van der Waals surface area contributed by atoms with Gasteiger partial charge in [0.1, 0.15) is 0 Å². The Kier molecular flexibility index (Phi) is 4.68. The highest BCUT2D eigenvalue weighted by Crippen LogP contribution is 2.10. The molecule has 0 amide bonds. The fraction of sp³-hybridized carbons (Fsp3) is 0.900. The van der Waals surface area contributed by atoms with Crippen LogP contribution in [0.3, 0.4) is 0 Å². The molecule has 1 aromatic rings. The molecule has 0 radical (unpaired) electrons. The Labute approximate surface area is 91.2 Å². The van der Waals surface area contributed by atoms with Gasteiger partial charge in [-0.15, -0.1) is 5.10 Å². The van der Waals surface area contributed by atoms with Crippen LogP contribution in [0.1, 0.15) is 46.0 Å². The summed E-state index contributed by atoms with van der Waals surface area (Å²) < 4.78 is 1.90. The molecule has 0 aliphatic heterocycles. The van der Waals surface area contributed by atoms with E-state index in [9.17, 15) is 0 Å². The summed E-state index contributed by atoms with van der Waals surface area (Å²) in [7, 11) is 0. The van der Waals surface area contributed by atoms with Gasteiger partial charge in [-0.1, -0.05) is 27.2 Å². The molecule has 0 bridgehead atoms. The third kappa shape index (κ3) is 3.27. The predicted molar refractivity (Wildman–Crippen MR) is 59.4 cm³/mol. The zero-order valence-electron chi connectivity index (χ0n) is 10.1. The van der Waals surface area contributed by atoms with Crippen molar-refractivity contribution in [3.63, 3.8) is 0 Å². The van der Waals surface area contributed by atoms with Crippen molar-refractivity contribution in [1.29, 1.82) is 0 Å². The van der Waals surface area contributed by atoms with Gasteiger partial charge in [0.25, 0.3) is 0 Å². The molecule has 0 saturated heterocycles. The van der Waals surface area contributed by atoms with Gasteiger partial charge in [0.05, 0.1) is 6.04 Å². The summed E-state index contributed by atoms with van der Waals surface area (Å²) in [5.74, 6) is 1.54. The number of nitrogens with one attached hydrogen (secondary N) is 1. The summed E-state index contributed by atoms with van der Waals surface area (Å²) in [5.41, 5.74) is 0. The molecule has 86 valence electrons. The third-order valence-electron chi connectivity index (χ3n) is 2.64. The van der Waals surface area contributed by atoms with Crippen LogP contribution in [0.15, 0.2) is 0 Å². The Morgan fingerprint density at radius 1 is 1.33 bits per heavy atom. The topological polar surface area (TPSA) is 55.6 Å². The molecule has 15 heavy (non-hydrogen) atoms. The molecule has 5 nitrogen and oxygen atoms in total. The Balaban J connectivity index is 2.68. The fourth-order valence-electron chi connectivity index (χ4n) is 1.47. The van der Waals surface area contributed by atoms with Crippen molar-refractivity contribution in [1.82, 2.24) is 25.5 Å². The van der Waals surface area contributed by atoms with Crippen LogP contribution >= 0.6 is 0 Å². The number of rotatable bonds is 6. The van der Waals surface area contributed by atoms with Gasteiger partial charge in [0.15, 0.2) is 5.82 Å². The van der Waals surface area contributed by atoms with E-state index in [0.717, 1.165) is 25.3 Å². The van der Waals surface area contributed by atoms with Gasteiger partial charge < -0.3 is 5.32 Å². The maximum atomic E-state index is 4.06. The lowest BCUT2D eigenvalue weighted by atomic mass is 10.1. The van der Waals surface area contributed by atoms with Gasteiger partial charge in [-0.3, -0.25) is 0 Å². The second kappa shape index (κ2) is 5.80. The summed E-state index contributed by atoms with van der Waals surface area (Å²) in [6, 6.07) is 0.217. The second-order valence-electron chi connectivity index (χ2n) is 4.01. The molecule has 1 heterocycles. The van der Waals surface area contributed by atoms with Crippen LogP contribution in [-0.2, 0) is 6.54 Å². The van der Waals surface area contributed by atoms with Gasteiger partial charge in [0, 0.05) is 6.54 Å². The van der Waals surface area contributed by atoms with Crippen molar-refractivity contribution < 1.29 is 0 Å². The third-order valence-corrected chi connectivity index (χ3v) is 2.64. The van der Waals surface area contributed by atoms with Gasteiger partial charge in [0.2, 0.25) is 0 Å². The Morgan fingerprint density at radius 3 is 2.67 bits per heavy atom. The average Bonchev–Trinajstić information content (AvgIpc) is 2.66. The number of hydrogen-bond acceptors (Lipinski definition) is 4. The van der Waals surface area contributed by atoms with E-state index in [4.69, 9.17) is 0 Å². The highest BCUT2D eigenvalue weighted by molar-refractivity contribution is 4.89. The zero-order valence-corrected chi connectivity index (χ0v) is 10.1. The van der Waals surface area contributed by atoms with E-state index in [1.54, 1.807) is 0 Å². The average molecular weight is 211 g/mol. The number of aromatic nitrogens is 4. The van der Waals surface area contributed by atoms with Crippen LogP contribution in [0, 0.1) is 5.92 Å². The monoisotopic (exact) mass is 211 g/mol. The minimum absolute atomic E-state index is 0.217. The van der Waals surface area contributed by atoms with E-state index in [0.29, 0.717) is 5.92 Å². The summed E-state index contributed by atoms with van der Waals surface area (Å²) in [6.45, 7) is 10.4. The lowest BCUT2D eigenvalue weighted by Gasteiger charge is -2.14. The summed E-state index contributed by atoms with van der Waals surface area (Å²) >= 11 is 0. The maximum absolute atomic E-state index is 4.06. The Bertz CT molecular complexity index is 283. The first-order chi connectivity index (χ1) is 7.19. The number of nitrogens with zero attached hydrogens (tertiary/aromatic N) is 4. The molecule has 0 aliphatic carbocycles. The van der Waals surface area contributed by atoms with Crippen molar-refractivity contribution >= 4 is 0 Å². The molecular formula is C10H21N5. The minimum Gasteiger partial charge on any atom is -0.308 e. The first-order valence-corrected chi connectivity index (χ1v) is 5.68. The summed E-state index contributed by atoms with van der Waals surface area (Å²) in [5, 5.41) is 15.1. The highest BCUT2D eigenvalue weighted by atomic mass is 15.5. The SMILES string of the molecule is CCNC(C)c1nnnn1CC(C)CC. The van der Waals surface area contributed by atoms with Crippen LogP contribution < -0.4 is 5.32 Å². The molecule has 0 spiro atoms. The predicted octanol–water partition coefficient (Wildman–Crippen LogP) is 1.39. The Hall–Kier alpha value is -0.970. The quantitative estimate of drug-likeness (QED) is 0.772. The summed E-state index contributed by atoms with van der Waals surface area (Å²) in [6.07, 6.45) is 1.15. The minimum atomic E-state index is 0.217. The molecule has 0 aromatic carbocycles. The zero-order chi connectivity index (χ0) is 11.3. The van der Waals surface area contributed by atoms with Crippen molar-refractivity contribution in [3.8, 4) is 0 Å². The molecule has 1 rings (SSSR count). The molecular weight excluding hydrogens is 190 g/mol. The van der Waals surface area contributed by atoms with Crippen molar-refractivity contribution in [2.45, 2.75) is 46.7 Å². The molecule has 2 atom stereocenters. The van der Waals surface area contributed by atoms with Gasteiger partial charge in [-0.05, 0) is 29.8 Å². The van der Waals surface area contributed by atoms with E-state index in [1.807, 2.05) is 4.68 Å². The van der Waals surface area contributed by atoms with Crippen LogP contribution in [0.25, 0.3) is 0 Å². The van der Waals surface area contributed by atoms with Gasteiger partial charge in [-0.25, -0.2) is 4.68 Å². The van der Waals surface area contributed by atoms with Crippen molar-refractivity contribution in [3.05, 3.63) is 5.82 Å². The Morgan fingerprint density at radius 2 is 2.07 bits per heavy atom. The van der Waals surface area contributed by atoms with E-state index in [-0.39, 0.29) is 6.04 Å². The first kappa shape index (κ1) is 12.1. The van der Waals surface area contributed by atoms with Crippen LogP contribution in [0.2, 0.25) is 0 Å². The lowest BCUT2D eigenvalue weighted by molar-refractivity contribution is 0.404. The second-order valence-corrected chi connectivity index (χ2v) is 4.01. The molecule has 5 heteroatoms. The first-order valence-electron chi connectivity index (χ1n) is 5.68. The van der Waals surface area contributed by atoms with Crippen molar-refractivity contribution in [2.75, 3.05) is 6.54 Å². The maximum Gasteiger partial charge on any atom is 0.167 e. The smallest absolute Gasteiger partial charge is 0.167 e. The van der Waals surface area contributed by atoms with Crippen molar-refractivity contribution in [2.24, 2.45) is 5.92 Å². The van der Waals surface area contributed by atoms with Crippen LogP contribution in [0.4, 0.5) is 0 Å². The molecule has 1 aromatic heterocycles. The molecule has 0 saturated carbocycles.